The van der Waals surface area contributed by atoms with Gasteiger partial charge in [-0.3, -0.25) is 4.79 Å². The third kappa shape index (κ3) is 3.55. The number of rotatable bonds is 5. The number of fused-ring (bicyclic) bond motifs is 1. The Morgan fingerprint density at radius 2 is 1.89 bits per heavy atom. The van der Waals surface area contributed by atoms with E-state index in [1.807, 2.05) is 50.2 Å². The van der Waals surface area contributed by atoms with Crippen LogP contribution in [0, 0.1) is 6.92 Å². The molecular weight excluding hydrogens is 354 g/mol. The summed E-state index contributed by atoms with van der Waals surface area (Å²) in [6.45, 7) is 4.36. The highest BCUT2D eigenvalue weighted by Gasteiger charge is 2.09. The fourth-order valence-electron chi connectivity index (χ4n) is 2.88. The first-order chi connectivity index (χ1) is 13.6. The second-order valence-corrected chi connectivity index (χ2v) is 6.23. The average Bonchev–Trinajstić information content (AvgIpc) is 3.09. The molecule has 0 radical (unpaired) electrons. The van der Waals surface area contributed by atoms with Crippen molar-refractivity contribution in [2.75, 3.05) is 11.9 Å². The van der Waals surface area contributed by atoms with E-state index in [4.69, 9.17) is 4.74 Å². The number of nitrogens with zero attached hydrogens (tertiary/aromatic N) is 4. The molecule has 0 fully saturated rings. The molecule has 2 aromatic carbocycles. The van der Waals surface area contributed by atoms with Crippen LogP contribution >= 0.6 is 0 Å². The summed E-state index contributed by atoms with van der Waals surface area (Å²) in [5.74, 6) is 1.28. The highest BCUT2D eigenvalue weighted by molar-refractivity contribution is 6.04. The van der Waals surface area contributed by atoms with E-state index in [1.54, 1.807) is 28.8 Å². The van der Waals surface area contributed by atoms with Crippen LogP contribution in [0.5, 0.6) is 5.75 Å². The van der Waals surface area contributed by atoms with Gasteiger partial charge in [-0.2, -0.15) is 9.61 Å². The summed E-state index contributed by atoms with van der Waals surface area (Å²) in [6.07, 6.45) is 0. The number of anilines is 1. The molecule has 4 aromatic rings. The highest BCUT2D eigenvalue weighted by Crippen LogP contribution is 2.22. The van der Waals surface area contributed by atoms with Crippen LogP contribution in [0.3, 0.4) is 0 Å². The van der Waals surface area contributed by atoms with Gasteiger partial charge < -0.3 is 10.1 Å². The predicted molar refractivity (Wildman–Crippen MR) is 107 cm³/mol. The van der Waals surface area contributed by atoms with Crippen LogP contribution in [0.1, 0.15) is 23.1 Å². The lowest BCUT2D eigenvalue weighted by Gasteiger charge is -2.09. The van der Waals surface area contributed by atoms with Crippen LogP contribution in [-0.4, -0.2) is 32.3 Å². The molecule has 0 atom stereocenters. The number of ether oxygens (including phenoxy) is 1. The van der Waals surface area contributed by atoms with Crippen molar-refractivity contribution in [3.8, 4) is 17.0 Å². The maximum absolute atomic E-state index is 12.5. The third-order valence-electron chi connectivity index (χ3n) is 4.26. The first-order valence-corrected chi connectivity index (χ1v) is 8.98. The average molecular weight is 373 g/mol. The molecular formula is C21H19N5O2. The van der Waals surface area contributed by atoms with Crippen molar-refractivity contribution in [3.05, 3.63) is 72.1 Å². The molecule has 0 spiro atoms. The summed E-state index contributed by atoms with van der Waals surface area (Å²) in [5, 5.41) is 15.6. The molecule has 4 rings (SSSR count). The minimum Gasteiger partial charge on any atom is -0.494 e. The van der Waals surface area contributed by atoms with Crippen molar-refractivity contribution >= 4 is 17.2 Å². The van der Waals surface area contributed by atoms with E-state index < -0.39 is 0 Å². The van der Waals surface area contributed by atoms with Gasteiger partial charge >= 0.3 is 0 Å². The van der Waals surface area contributed by atoms with Gasteiger partial charge in [0.1, 0.15) is 5.75 Å². The first-order valence-electron chi connectivity index (χ1n) is 8.98. The lowest BCUT2D eigenvalue weighted by molar-refractivity contribution is 0.102. The third-order valence-corrected chi connectivity index (χ3v) is 4.26. The lowest BCUT2D eigenvalue weighted by Crippen LogP contribution is -2.11. The molecule has 0 unspecified atom stereocenters. The van der Waals surface area contributed by atoms with Crippen molar-refractivity contribution < 1.29 is 9.53 Å². The van der Waals surface area contributed by atoms with Gasteiger partial charge in [0.15, 0.2) is 11.5 Å². The van der Waals surface area contributed by atoms with Crippen molar-refractivity contribution in [3.63, 3.8) is 0 Å². The van der Waals surface area contributed by atoms with Gasteiger partial charge in [0.2, 0.25) is 0 Å². The molecule has 0 aliphatic heterocycles. The zero-order valence-electron chi connectivity index (χ0n) is 15.6. The number of aryl methyl sites for hydroxylation is 1. The fourth-order valence-corrected chi connectivity index (χ4v) is 2.88. The summed E-state index contributed by atoms with van der Waals surface area (Å²) in [6, 6.07) is 18.4. The van der Waals surface area contributed by atoms with E-state index in [9.17, 15) is 4.79 Å². The van der Waals surface area contributed by atoms with Crippen molar-refractivity contribution in [2.24, 2.45) is 0 Å². The first kappa shape index (κ1) is 17.7. The minimum atomic E-state index is -0.182. The highest BCUT2D eigenvalue weighted by atomic mass is 16.5. The molecule has 1 N–H and O–H groups in total. The Labute approximate surface area is 162 Å². The smallest absolute Gasteiger partial charge is 0.255 e. The Bertz CT molecular complexity index is 1140. The number of benzene rings is 2. The van der Waals surface area contributed by atoms with Crippen LogP contribution in [0.15, 0.2) is 60.7 Å². The van der Waals surface area contributed by atoms with Crippen molar-refractivity contribution in [1.82, 2.24) is 19.8 Å². The molecule has 7 heteroatoms. The SMILES string of the molecule is CCOc1ccc(C(=O)Nc2cccc(-c3ccc4nnc(C)n4n3)c2)cc1. The quantitative estimate of drug-likeness (QED) is 0.576. The monoisotopic (exact) mass is 373 g/mol. The number of hydrogen-bond donors (Lipinski definition) is 1. The Morgan fingerprint density at radius 1 is 1.07 bits per heavy atom. The zero-order chi connectivity index (χ0) is 19.5. The van der Waals surface area contributed by atoms with E-state index >= 15 is 0 Å². The number of carbonyl (C=O) groups excluding carboxylic acids is 1. The lowest BCUT2D eigenvalue weighted by atomic mass is 10.1. The van der Waals surface area contributed by atoms with E-state index in [0.29, 0.717) is 23.5 Å². The van der Waals surface area contributed by atoms with Crippen molar-refractivity contribution in [1.29, 1.82) is 0 Å². The number of aromatic nitrogens is 4. The van der Waals surface area contributed by atoms with Crippen LogP contribution in [-0.2, 0) is 0 Å². The van der Waals surface area contributed by atoms with Gasteiger partial charge in [0.05, 0.1) is 12.3 Å². The van der Waals surface area contributed by atoms with Crippen LogP contribution in [0.2, 0.25) is 0 Å². The van der Waals surface area contributed by atoms with Gasteiger partial charge in [0, 0.05) is 16.8 Å². The predicted octanol–water partition coefficient (Wildman–Crippen LogP) is 3.75. The molecule has 2 aromatic heterocycles. The van der Waals surface area contributed by atoms with Gasteiger partial charge in [0.25, 0.3) is 5.91 Å². The molecule has 0 aliphatic carbocycles. The van der Waals surface area contributed by atoms with E-state index in [2.05, 4.69) is 20.6 Å². The van der Waals surface area contributed by atoms with Crippen molar-refractivity contribution in [2.45, 2.75) is 13.8 Å². The minimum absolute atomic E-state index is 0.182. The van der Waals surface area contributed by atoms with Crippen LogP contribution in [0.25, 0.3) is 16.9 Å². The molecule has 1 amide bonds. The maximum Gasteiger partial charge on any atom is 0.255 e. The maximum atomic E-state index is 12.5. The number of hydrogen-bond acceptors (Lipinski definition) is 5. The fraction of sp³-hybridized carbons (Fsp3) is 0.143. The Balaban J connectivity index is 1.56. The summed E-state index contributed by atoms with van der Waals surface area (Å²) < 4.78 is 7.10. The molecule has 0 saturated carbocycles. The Morgan fingerprint density at radius 3 is 2.68 bits per heavy atom. The molecule has 2 heterocycles. The zero-order valence-corrected chi connectivity index (χ0v) is 15.6. The van der Waals surface area contributed by atoms with Crippen LogP contribution in [0.4, 0.5) is 5.69 Å². The van der Waals surface area contributed by atoms with E-state index in [-0.39, 0.29) is 5.91 Å². The topological polar surface area (TPSA) is 81.4 Å². The number of carbonyl (C=O) groups is 1. The standard InChI is InChI=1S/C21H19N5O2/c1-3-28-18-9-7-15(8-10-18)21(27)22-17-6-4-5-16(13-17)19-11-12-20-24-23-14(2)26(20)25-19/h4-13H,3H2,1-2H3,(H,22,27). The molecule has 0 saturated heterocycles. The Kier molecular flexibility index (Phi) is 4.72. The summed E-state index contributed by atoms with van der Waals surface area (Å²) in [4.78, 5) is 12.5. The second kappa shape index (κ2) is 7.48. The summed E-state index contributed by atoms with van der Waals surface area (Å²) >= 11 is 0. The van der Waals surface area contributed by atoms with E-state index in [1.165, 1.54) is 0 Å². The number of amides is 1. The van der Waals surface area contributed by atoms with Gasteiger partial charge in [-0.05, 0) is 62.4 Å². The van der Waals surface area contributed by atoms with Crippen LogP contribution < -0.4 is 10.1 Å². The largest absolute Gasteiger partial charge is 0.494 e. The van der Waals surface area contributed by atoms with E-state index in [0.717, 1.165) is 22.8 Å². The number of nitrogens with one attached hydrogen (secondary N) is 1. The Hall–Kier alpha value is -3.74. The molecule has 0 bridgehead atoms. The van der Waals surface area contributed by atoms with Gasteiger partial charge in [-0.25, -0.2) is 0 Å². The van der Waals surface area contributed by atoms with Gasteiger partial charge in [-0.1, -0.05) is 12.1 Å². The summed E-state index contributed by atoms with van der Waals surface area (Å²) in [5.41, 5.74) is 3.61. The molecule has 0 aliphatic rings. The van der Waals surface area contributed by atoms with Gasteiger partial charge in [-0.15, -0.1) is 10.2 Å². The molecule has 7 nitrogen and oxygen atoms in total. The molecule has 140 valence electrons. The normalized spacial score (nSPS) is 10.8. The summed E-state index contributed by atoms with van der Waals surface area (Å²) in [7, 11) is 0. The second-order valence-electron chi connectivity index (χ2n) is 6.23. The molecule has 28 heavy (non-hydrogen) atoms.